The lowest BCUT2D eigenvalue weighted by Gasteiger charge is -2.43. The molecule has 0 saturated heterocycles. The van der Waals surface area contributed by atoms with E-state index in [4.69, 9.17) is 4.74 Å². The topological polar surface area (TPSA) is 38.3 Å². The first-order chi connectivity index (χ1) is 7.53. The van der Waals surface area contributed by atoms with E-state index in [0.717, 1.165) is 6.42 Å². The van der Waals surface area contributed by atoms with Gasteiger partial charge < -0.3 is 10.1 Å². The molecule has 3 unspecified atom stereocenters. The Bertz CT molecular complexity index is 243. The van der Waals surface area contributed by atoms with E-state index < -0.39 is 10.8 Å². The summed E-state index contributed by atoms with van der Waals surface area (Å²) in [6, 6.07) is 0.360. The normalized spacial score (nSPS) is 31.2. The van der Waals surface area contributed by atoms with Gasteiger partial charge in [-0.2, -0.15) is 0 Å². The van der Waals surface area contributed by atoms with Crippen molar-refractivity contribution >= 4 is 10.8 Å². The molecule has 0 radical (unpaired) electrons. The van der Waals surface area contributed by atoms with Crippen LogP contribution < -0.4 is 5.32 Å². The first-order valence-electron chi connectivity index (χ1n) is 6.06. The van der Waals surface area contributed by atoms with E-state index in [2.05, 4.69) is 19.2 Å². The molecule has 0 aromatic rings. The van der Waals surface area contributed by atoms with Crippen LogP contribution in [0.1, 0.15) is 33.1 Å². The quantitative estimate of drug-likeness (QED) is 0.801. The highest BCUT2D eigenvalue weighted by atomic mass is 32.2. The van der Waals surface area contributed by atoms with Crippen LogP contribution in [0.3, 0.4) is 0 Å². The first kappa shape index (κ1) is 14.1. The first-order valence-corrected chi connectivity index (χ1v) is 7.44. The highest BCUT2D eigenvalue weighted by Gasteiger charge is 2.40. The van der Waals surface area contributed by atoms with Crippen molar-refractivity contribution < 1.29 is 8.95 Å². The molecule has 1 N–H and O–H groups in total. The largest absolute Gasteiger partial charge is 0.384 e. The predicted octanol–water partition coefficient (Wildman–Crippen LogP) is 1.55. The number of rotatable bonds is 5. The molecular formula is C12H25NO2S. The van der Waals surface area contributed by atoms with Gasteiger partial charge in [-0.15, -0.1) is 0 Å². The summed E-state index contributed by atoms with van der Waals surface area (Å²) in [6.45, 7) is 5.14. The maximum atomic E-state index is 12.2. The molecule has 0 bridgehead atoms. The monoisotopic (exact) mass is 247 g/mol. The van der Waals surface area contributed by atoms with Crippen LogP contribution in [-0.2, 0) is 15.5 Å². The minimum Gasteiger partial charge on any atom is -0.384 e. The fraction of sp³-hybridized carbons (Fsp3) is 1.00. The van der Waals surface area contributed by atoms with Gasteiger partial charge in [0, 0.05) is 29.7 Å². The smallest absolute Gasteiger partial charge is 0.0577 e. The molecule has 3 atom stereocenters. The van der Waals surface area contributed by atoms with Gasteiger partial charge in [-0.25, -0.2) is 0 Å². The maximum Gasteiger partial charge on any atom is 0.0577 e. The minimum atomic E-state index is -0.770. The van der Waals surface area contributed by atoms with Crippen molar-refractivity contribution in [3.63, 3.8) is 0 Å². The molecule has 1 aliphatic rings. The molecule has 0 aliphatic heterocycles. The molecule has 3 nitrogen and oxygen atoms in total. The number of hydrogen-bond acceptors (Lipinski definition) is 3. The second kappa shape index (κ2) is 6.12. The summed E-state index contributed by atoms with van der Waals surface area (Å²) in [5, 5.41) is 3.65. The lowest BCUT2D eigenvalue weighted by Crippen LogP contribution is -2.53. The molecular weight excluding hydrogens is 222 g/mol. The van der Waals surface area contributed by atoms with E-state index in [0.29, 0.717) is 18.4 Å². The van der Waals surface area contributed by atoms with Crippen LogP contribution in [-0.4, -0.2) is 42.0 Å². The lowest BCUT2D eigenvalue weighted by molar-refractivity contribution is 0.179. The molecule has 1 fully saturated rings. The zero-order valence-electron chi connectivity index (χ0n) is 10.9. The van der Waals surface area contributed by atoms with E-state index in [-0.39, 0.29) is 10.7 Å². The van der Waals surface area contributed by atoms with Crippen LogP contribution >= 0.6 is 0 Å². The maximum absolute atomic E-state index is 12.2. The van der Waals surface area contributed by atoms with Crippen LogP contribution in [0.5, 0.6) is 0 Å². The van der Waals surface area contributed by atoms with Crippen molar-refractivity contribution in [2.75, 3.05) is 26.5 Å². The van der Waals surface area contributed by atoms with Gasteiger partial charge in [0.15, 0.2) is 0 Å². The average molecular weight is 247 g/mol. The van der Waals surface area contributed by atoms with Crippen molar-refractivity contribution in [2.24, 2.45) is 5.41 Å². The second-order valence-electron chi connectivity index (χ2n) is 5.26. The molecule has 1 rings (SSSR count). The standard InChI is InChI=1S/C12H25NO2S/c1-12(2)7-5-6-10(11(12)13-3)16(14)9-8-15-4/h10-11,13H,5-9H2,1-4H3. The number of nitrogens with one attached hydrogen (secondary N) is 1. The zero-order valence-corrected chi connectivity index (χ0v) is 11.7. The lowest BCUT2D eigenvalue weighted by atomic mass is 9.73. The van der Waals surface area contributed by atoms with E-state index in [1.54, 1.807) is 7.11 Å². The summed E-state index contributed by atoms with van der Waals surface area (Å²) in [5.41, 5.74) is 0.250. The Hall–Kier alpha value is 0.0700. The fourth-order valence-electron chi connectivity index (χ4n) is 2.76. The number of hydrogen-bond donors (Lipinski definition) is 1. The third-order valence-electron chi connectivity index (χ3n) is 3.66. The number of methoxy groups -OCH3 is 1. The van der Waals surface area contributed by atoms with Gasteiger partial charge in [0.05, 0.1) is 11.9 Å². The van der Waals surface area contributed by atoms with Crippen LogP contribution in [0.2, 0.25) is 0 Å². The molecule has 0 aromatic heterocycles. The van der Waals surface area contributed by atoms with Crippen molar-refractivity contribution in [2.45, 2.75) is 44.4 Å². The molecule has 96 valence electrons. The second-order valence-corrected chi connectivity index (χ2v) is 7.04. The number of ether oxygens (including phenoxy) is 1. The van der Waals surface area contributed by atoms with Gasteiger partial charge in [-0.1, -0.05) is 20.3 Å². The van der Waals surface area contributed by atoms with Gasteiger partial charge in [-0.05, 0) is 25.3 Å². The molecule has 1 aliphatic carbocycles. The molecule has 16 heavy (non-hydrogen) atoms. The van der Waals surface area contributed by atoms with Crippen molar-refractivity contribution in [1.82, 2.24) is 5.32 Å². The summed E-state index contributed by atoms with van der Waals surface area (Å²) in [4.78, 5) is 0. The molecule has 0 spiro atoms. The molecule has 0 aromatic carbocycles. The van der Waals surface area contributed by atoms with E-state index in [9.17, 15) is 4.21 Å². The fourth-order valence-corrected chi connectivity index (χ4v) is 4.63. The van der Waals surface area contributed by atoms with E-state index >= 15 is 0 Å². The molecule has 0 heterocycles. The SMILES string of the molecule is CNC1C(S(=O)CCOC)CCCC1(C)C. The highest BCUT2D eigenvalue weighted by molar-refractivity contribution is 7.85. The summed E-state index contributed by atoms with van der Waals surface area (Å²) in [6.07, 6.45) is 3.48. The van der Waals surface area contributed by atoms with Gasteiger partial charge in [0.2, 0.25) is 0 Å². The van der Waals surface area contributed by atoms with Crippen molar-refractivity contribution in [3.8, 4) is 0 Å². The predicted molar refractivity (Wildman–Crippen MR) is 69.2 cm³/mol. The molecule has 0 amide bonds. The van der Waals surface area contributed by atoms with Crippen LogP contribution in [0.15, 0.2) is 0 Å². The Kier molecular flexibility index (Phi) is 5.41. The Morgan fingerprint density at radius 3 is 2.75 bits per heavy atom. The van der Waals surface area contributed by atoms with Crippen LogP contribution in [0, 0.1) is 5.41 Å². The summed E-state index contributed by atoms with van der Waals surface area (Å²) in [5.74, 6) is 0.662. The van der Waals surface area contributed by atoms with Gasteiger partial charge >= 0.3 is 0 Å². The van der Waals surface area contributed by atoms with Crippen LogP contribution in [0.25, 0.3) is 0 Å². The Balaban J connectivity index is 2.66. The third kappa shape index (κ3) is 3.28. The Morgan fingerprint density at radius 2 is 2.19 bits per heavy atom. The Labute approximate surface area is 102 Å². The third-order valence-corrected chi connectivity index (χ3v) is 5.41. The van der Waals surface area contributed by atoms with Crippen molar-refractivity contribution in [3.05, 3.63) is 0 Å². The summed E-state index contributed by atoms with van der Waals surface area (Å²) >= 11 is 0. The summed E-state index contributed by atoms with van der Waals surface area (Å²) in [7, 11) is 2.88. The average Bonchev–Trinajstić information content (AvgIpc) is 2.24. The highest BCUT2D eigenvalue weighted by Crippen LogP contribution is 2.37. The van der Waals surface area contributed by atoms with Gasteiger partial charge in [0.1, 0.15) is 0 Å². The van der Waals surface area contributed by atoms with Crippen molar-refractivity contribution in [1.29, 1.82) is 0 Å². The van der Waals surface area contributed by atoms with E-state index in [1.165, 1.54) is 12.8 Å². The van der Waals surface area contributed by atoms with Gasteiger partial charge in [0.25, 0.3) is 0 Å². The molecule has 1 saturated carbocycles. The minimum absolute atomic E-state index is 0.250. The summed E-state index contributed by atoms with van der Waals surface area (Å²) < 4.78 is 17.2. The Morgan fingerprint density at radius 1 is 1.50 bits per heavy atom. The zero-order chi connectivity index (χ0) is 12.2. The van der Waals surface area contributed by atoms with E-state index in [1.807, 2.05) is 7.05 Å². The van der Waals surface area contributed by atoms with Crippen LogP contribution in [0.4, 0.5) is 0 Å². The van der Waals surface area contributed by atoms with Gasteiger partial charge in [-0.3, -0.25) is 4.21 Å². The molecule has 4 heteroatoms.